The second-order valence-corrected chi connectivity index (χ2v) is 10.2. The van der Waals surface area contributed by atoms with Gasteiger partial charge in [0.15, 0.2) is 17.5 Å². The molecule has 1 amide bonds. The minimum absolute atomic E-state index is 0.164. The number of nitrogens with zero attached hydrogens (tertiary/aromatic N) is 3. The highest BCUT2D eigenvalue weighted by Gasteiger charge is 2.56. The molecule has 4 fully saturated rings. The molecule has 8 heteroatoms. The van der Waals surface area contributed by atoms with E-state index in [0.717, 1.165) is 51.6 Å². The molecule has 3 aliphatic heterocycles. The molecule has 2 unspecified atom stereocenters. The summed E-state index contributed by atoms with van der Waals surface area (Å²) in [5, 5.41) is 11.8. The lowest BCUT2D eigenvalue weighted by Gasteiger charge is -2.54. The van der Waals surface area contributed by atoms with Crippen LogP contribution in [-0.4, -0.2) is 57.2 Å². The third-order valence-corrected chi connectivity index (χ3v) is 8.34. The minimum Gasteiger partial charge on any atom is -0.454 e. The van der Waals surface area contributed by atoms with E-state index < -0.39 is 29.6 Å². The third-order valence-electron chi connectivity index (χ3n) is 8.34. The predicted octanol–water partition coefficient (Wildman–Crippen LogP) is 2.23. The number of ether oxygens (including phenoxy) is 1. The standard InChI is InChI=1S/C26H32N4O4/c27-23(31)22(24-28-13-6-14-29-24)30-15-11-18(12-16-30)21(17-30)34-25(32)26(33,20-9-4-5-10-20)19-7-2-1-3-8-19/h1-3,6-8,13-14,18,20-22,33H,4-5,9-12,15-17H2,(H-,27,31)/p+1/t18?,21-,22?,26?,30?/m0/s1. The van der Waals surface area contributed by atoms with Gasteiger partial charge >= 0.3 is 5.97 Å². The Hall–Kier alpha value is -2.84. The zero-order chi connectivity index (χ0) is 23.8. The van der Waals surface area contributed by atoms with Crippen molar-refractivity contribution >= 4 is 11.9 Å². The molecule has 1 aromatic carbocycles. The van der Waals surface area contributed by atoms with Crippen LogP contribution in [0.1, 0.15) is 56.0 Å². The van der Waals surface area contributed by atoms with E-state index in [9.17, 15) is 14.7 Å². The van der Waals surface area contributed by atoms with Crippen molar-refractivity contribution in [1.29, 1.82) is 0 Å². The number of carbonyl (C=O) groups excluding carboxylic acids is 2. The lowest BCUT2D eigenvalue weighted by molar-refractivity contribution is -0.965. The van der Waals surface area contributed by atoms with Gasteiger partial charge in [-0.25, -0.2) is 14.8 Å². The van der Waals surface area contributed by atoms with E-state index in [1.165, 1.54) is 0 Å². The maximum Gasteiger partial charge on any atom is 0.343 e. The summed E-state index contributed by atoms with van der Waals surface area (Å²) in [4.78, 5) is 34.9. The van der Waals surface area contributed by atoms with Crippen molar-refractivity contribution < 1.29 is 23.9 Å². The molecule has 1 aliphatic carbocycles. The van der Waals surface area contributed by atoms with Gasteiger partial charge < -0.3 is 20.1 Å². The number of rotatable bonds is 7. The molecule has 6 rings (SSSR count). The smallest absolute Gasteiger partial charge is 0.343 e. The third kappa shape index (κ3) is 3.88. The van der Waals surface area contributed by atoms with Gasteiger partial charge in [-0.15, -0.1) is 0 Å². The van der Waals surface area contributed by atoms with E-state index in [4.69, 9.17) is 10.5 Å². The maximum absolute atomic E-state index is 13.7. The monoisotopic (exact) mass is 465 g/mol. The van der Waals surface area contributed by atoms with Crippen molar-refractivity contribution in [3.8, 4) is 0 Å². The van der Waals surface area contributed by atoms with Crippen LogP contribution in [0, 0.1) is 11.8 Å². The minimum atomic E-state index is -1.67. The Bertz CT molecular complexity index is 1020. The number of quaternary nitrogens is 1. The lowest BCUT2D eigenvalue weighted by atomic mass is 9.79. The highest BCUT2D eigenvalue weighted by atomic mass is 16.6. The molecule has 2 bridgehead atoms. The molecule has 1 saturated carbocycles. The number of esters is 1. The lowest BCUT2D eigenvalue weighted by Crippen LogP contribution is -2.68. The quantitative estimate of drug-likeness (QED) is 0.479. The summed E-state index contributed by atoms with van der Waals surface area (Å²) in [7, 11) is 0. The van der Waals surface area contributed by atoms with Crippen LogP contribution in [0.15, 0.2) is 48.8 Å². The van der Waals surface area contributed by atoms with Crippen LogP contribution in [0.5, 0.6) is 0 Å². The number of primary amides is 1. The second kappa shape index (κ2) is 9.07. The highest BCUT2D eigenvalue weighted by molar-refractivity contribution is 5.82. The molecule has 8 nitrogen and oxygen atoms in total. The molecule has 0 radical (unpaired) electrons. The number of aliphatic hydroxyl groups is 1. The van der Waals surface area contributed by atoms with Crippen molar-refractivity contribution in [2.75, 3.05) is 19.6 Å². The Labute approximate surface area is 199 Å². The molecule has 3 atom stereocenters. The molecular formula is C26H33N4O4+. The number of hydrogen-bond acceptors (Lipinski definition) is 6. The van der Waals surface area contributed by atoms with Gasteiger partial charge in [0.2, 0.25) is 6.04 Å². The normalized spacial score (nSPS) is 29.3. The van der Waals surface area contributed by atoms with Crippen LogP contribution in [0.4, 0.5) is 0 Å². The summed E-state index contributed by atoms with van der Waals surface area (Å²) >= 11 is 0. The molecule has 180 valence electrons. The SMILES string of the molecule is NC(=O)C(c1ncccn1)[N+]12CCC(CC1)[C@@H](OC(=O)C(O)(c1ccccc1)C1CCCC1)C2. The molecule has 0 spiro atoms. The van der Waals surface area contributed by atoms with E-state index >= 15 is 0 Å². The van der Waals surface area contributed by atoms with Crippen LogP contribution >= 0.6 is 0 Å². The molecule has 1 aromatic heterocycles. The summed E-state index contributed by atoms with van der Waals surface area (Å²) in [6.07, 6.45) is 8.07. The molecule has 4 aliphatic rings. The summed E-state index contributed by atoms with van der Waals surface area (Å²) in [5.74, 6) is -0.592. The van der Waals surface area contributed by atoms with Gasteiger partial charge in [0.05, 0.1) is 13.1 Å². The van der Waals surface area contributed by atoms with Gasteiger partial charge in [-0.3, -0.25) is 4.79 Å². The van der Waals surface area contributed by atoms with Crippen LogP contribution in [0.25, 0.3) is 0 Å². The summed E-state index contributed by atoms with van der Waals surface area (Å²) in [6, 6.07) is 10.2. The number of aromatic nitrogens is 2. The molecule has 2 aromatic rings. The Balaban J connectivity index is 1.42. The van der Waals surface area contributed by atoms with Crippen LogP contribution < -0.4 is 5.73 Å². The number of nitrogens with two attached hydrogens (primary N) is 1. The topological polar surface area (TPSA) is 115 Å². The van der Waals surface area contributed by atoms with E-state index in [-0.39, 0.29) is 11.8 Å². The fourth-order valence-corrected chi connectivity index (χ4v) is 6.54. The number of amides is 1. The van der Waals surface area contributed by atoms with Crippen molar-refractivity contribution in [1.82, 2.24) is 9.97 Å². The summed E-state index contributed by atoms with van der Waals surface area (Å²) < 4.78 is 6.54. The number of carbonyl (C=O) groups is 2. The summed E-state index contributed by atoms with van der Waals surface area (Å²) in [5.41, 5.74) is 4.79. The zero-order valence-corrected chi connectivity index (χ0v) is 19.4. The molecule has 4 heterocycles. The van der Waals surface area contributed by atoms with Crippen molar-refractivity contribution in [3.63, 3.8) is 0 Å². The fourth-order valence-electron chi connectivity index (χ4n) is 6.54. The number of benzene rings is 1. The first-order valence-electron chi connectivity index (χ1n) is 12.3. The average molecular weight is 466 g/mol. The first-order valence-corrected chi connectivity index (χ1v) is 12.3. The highest BCUT2D eigenvalue weighted by Crippen LogP contribution is 2.45. The van der Waals surface area contributed by atoms with E-state index in [1.54, 1.807) is 30.6 Å². The van der Waals surface area contributed by atoms with E-state index in [0.29, 0.717) is 22.4 Å². The molecule has 3 saturated heterocycles. The second-order valence-electron chi connectivity index (χ2n) is 10.2. The van der Waals surface area contributed by atoms with Gasteiger partial charge in [0.25, 0.3) is 5.91 Å². The zero-order valence-electron chi connectivity index (χ0n) is 19.4. The number of piperidine rings is 3. The number of fused-ring (bicyclic) bond motifs is 3. The van der Waals surface area contributed by atoms with Crippen molar-refractivity contribution in [2.45, 2.75) is 56.3 Å². The van der Waals surface area contributed by atoms with Crippen LogP contribution in [0.3, 0.4) is 0 Å². The van der Waals surface area contributed by atoms with E-state index in [2.05, 4.69) is 9.97 Å². The van der Waals surface area contributed by atoms with Gasteiger partial charge in [0.1, 0.15) is 6.54 Å². The average Bonchev–Trinajstić information content (AvgIpc) is 3.41. The fraction of sp³-hybridized carbons (Fsp3) is 0.538. The first kappa shape index (κ1) is 22.9. The van der Waals surface area contributed by atoms with Gasteiger partial charge in [-0.2, -0.15) is 0 Å². The van der Waals surface area contributed by atoms with E-state index in [1.807, 2.05) is 18.2 Å². The van der Waals surface area contributed by atoms with Gasteiger partial charge in [0, 0.05) is 37.1 Å². The first-order chi connectivity index (χ1) is 16.4. The molecular weight excluding hydrogens is 432 g/mol. The van der Waals surface area contributed by atoms with Gasteiger partial charge in [-0.1, -0.05) is 43.2 Å². The predicted molar refractivity (Wildman–Crippen MR) is 124 cm³/mol. The number of hydrogen-bond donors (Lipinski definition) is 2. The Morgan fingerprint density at radius 2 is 1.68 bits per heavy atom. The van der Waals surface area contributed by atoms with Crippen molar-refractivity contribution in [2.24, 2.45) is 17.6 Å². The Kier molecular flexibility index (Phi) is 6.12. The maximum atomic E-state index is 13.7. The Morgan fingerprint density at radius 3 is 2.29 bits per heavy atom. The molecule has 3 N–H and O–H groups in total. The van der Waals surface area contributed by atoms with Crippen molar-refractivity contribution in [3.05, 3.63) is 60.2 Å². The largest absolute Gasteiger partial charge is 0.454 e. The van der Waals surface area contributed by atoms with Gasteiger partial charge in [-0.05, 0) is 24.5 Å². The van der Waals surface area contributed by atoms with Crippen LogP contribution in [-0.2, 0) is 19.9 Å². The molecule has 34 heavy (non-hydrogen) atoms. The Morgan fingerprint density at radius 1 is 1.03 bits per heavy atom. The van der Waals surface area contributed by atoms with Crippen LogP contribution in [0.2, 0.25) is 0 Å². The summed E-state index contributed by atoms with van der Waals surface area (Å²) in [6.45, 7) is 1.99.